The van der Waals surface area contributed by atoms with E-state index >= 15 is 0 Å². The largest absolute Gasteiger partial charge is 0.364 e. The zero-order valence-electron chi connectivity index (χ0n) is 12.2. The minimum absolute atomic E-state index is 0.0334. The highest BCUT2D eigenvalue weighted by Crippen LogP contribution is 2.35. The molecule has 0 saturated carbocycles. The fourth-order valence-electron chi connectivity index (χ4n) is 2.73. The first-order chi connectivity index (χ1) is 8.80. The fraction of sp³-hybridized carbons (Fsp3) is 0.600. The van der Waals surface area contributed by atoms with Gasteiger partial charge in [-0.25, -0.2) is 0 Å². The summed E-state index contributed by atoms with van der Waals surface area (Å²) in [5.41, 5.74) is 2.90. The number of ketones is 1. The van der Waals surface area contributed by atoms with Gasteiger partial charge in [0.1, 0.15) is 0 Å². The van der Waals surface area contributed by atoms with E-state index in [2.05, 4.69) is 18.8 Å². The van der Waals surface area contributed by atoms with Crippen LogP contribution >= 0.6 is 0 Å². The maximum atomic E-state index is 12.2. The van der Waals surface area contributed by atoms with Gasteiger partial charge in [0.05, 0.1) is 0 Å². The third-order valence-electron chi connectivity index (χ3n) is 3.72. The van der Waals surface area contributed by atoms with Crippen LogP contribution < -0.4 is 0 Å². The summed E-state index contributed by atoms with van der Waals surface area (Å²) in [6, 6.07) is 0. The summed E-state index contributed by atoms with van der Waals surface area (Å²) in [4.78, 5) is 28.7. The van der Waals surface area contributed by atoms with Crippen molar-refractivity contribution in [2.75, 3.05) is 14.1 Å². The monoisotopic (exact) mass is 262 g/mol. The minimum atomic E-state index is 0.0334. The molecule has 1 aromatic heterocycles. The molecule has 1 aliphatic rings. The molecule has 1 heterocycles. The van der Waals surface area contributed by atoms with Crippen molar-refractivity contribution in [3.05, 3.63) is 23.0 Å². The van der Waals surface area contributed by atoms with Gasteiger partial charge in [0.25, 0.3) is 0 Å². The van der Waals surface area contributed by atoms with Crippen molar-refractivity contribution in [1.29, 1.82) is 0 Å². The van der Waals surface area contributed by atoms with Gasteiger partial charge in [-0.1, -0.05) is 13.8 Å². The van der Waals surface area contributed by atoms with Crippen LogP contribution in [0.25, 0.3) is 0 Å². The van der Waals surface area contributed by atoms with Crippen LogP contribution in [0.4, 0.5) is 0 Å². The second kappa shape index (κ2) is 4.83. The Bertz CT molecular complexity index is 512. The summed E-state index contributed by atoms with van der Waals surface area (Å²) >= 11 is 0. The minimum Gasteiger partial charge on any atom is -0.364 e. The Hall–Kier alpha value is -1.58. The van der Waals surface area contributed by atoms with Crippen molar-refractivity contribution in [3.63, 3.8) is 0 Å². The molecule has 0 radical (unpaired) electrons. The molecule has 4 nitrogen and oxygen atoms in total. The molecule has 0 aliphatic heterocycles. The Kier molecular flexibility index (Phi) is 3.52. The molecule has 0 bridgehead atoms. The molecule has 0 spiro atoms. The summed E-state index contributed by atoms with van der Waals surface area (Å²) in [5.74, 6) is 0.304. The molecular formula is C15H22N2O2. The number of amides is 1. The molecule has 0 saturated heterocycles. The molecule has 1 aliphatic carbocycles. The Balaban J connectivity index is 2.16. The van der Waals surface area contributed by atoms with Crippen molar-refractivity contribution in [1.82, 2.24) is 9.88 Å². The Morgan fingerprint density at radius 3 is 2.68 bits per heavy atom. The van der Waals surface area contributed by atoms with E-state index in [1.807, 2.05) is 6.20 Å². The number of rotatable bonds is 3. The molecule has 2 rings (SSSR count). The lowest BCUT2D eigenvalue weighted by Gasteiger charge is -2.28. The predicted octanol–water partition coefficient (Wildman–Crippen LogP) is 2.19. The number of aromatic amines is 1. The number of aromatic nitrogens is 1. The van der Waals surface area contributed by atoms with E-state index in [0.29, 0.717) is 19.3 Å². The number of aryl methyl sites for hydroxylation is 1. The third-order valence-corrected chi connectivity index (χ3v) is 3.72. The number of nitrogens with zero attached hydrogens (tertiary/aromatic N) is 1. The van der Waals surface area contributed by atoms with Crippen molar-refractivity contribution < 1.29 is 9.59 Å². The van der Waals surface area contributed by atoms with Crippen molar-refractivity contribution in [2.24, 2.45) is 5.41 Å². The van der Waals surface area contributed by atoms with E-state index in [-0.39, 0.29) is 17.1 Å². The number of hydrogen-bond acceptors (Lipinski definition) is 2. The van der Waals surface area contributed by atoms with E-state index in [0.717, 1.165) is 23.2 Å². The van der Waals surface area contributed by atoms with E-state index in [1.165, 1.54) is 0 Å². The molecule has 0 atom stereocenters. The van der Waals surface area contributed by atoms with Gasteiger partial charge in [-0.2, -0.15) is 0 Å². The van der Waals surface area contributed by atoms with Crippen LogP contribution in [0.15, 0.2) is 6.20 Å². The maximum Gasteiger partial charge on any atom is 0.222 e. The summed E-state index contributed by atoms with van der Waals surface area (Å²) in [5, 5.41) is 0. The lowest BCUT2D eigenvalue weighted by molar-refractivity contribution is -0.128. The maximum absolute atomic E-state index is 12.2. The molecule has 4 heteroatoms. The molecule has 0 fully saturated rings. The van der Waals surface area contributed by atoms with Crippen LogP contribution in [0.2, 0.25) is 0 Å². The van der Waals surface area contributed by atoms with Gasteiger partial charge in [-0.3, -0.25) is 9.59 Å². The normalized spacial score (nSPS) is 17.2. The number of hydrogen-bond donors (Lipinski definition) is 1. The van der Waals surface area contributed by atoms with E-state index < -0.39 is 0 Å². The quantitative estimate of drug-likeness (QED) is 0.907. The first-order valence-electron chi connectivity index (χ1n) is 6.72. The summed E-state index contributed by atoms with van der Waals surface area (Å²) in [7, 11) is 3.51. The first kappa shape index (κ1) is 13.8. The predicted molar refractivity (Wildman–Crippen MR) is 74.2 cm³/mol. The number of carbonyl (C=O) groups is 2. The number of Topliss-reactive ketones (excluding diaryl/α,β-unsaturated/α-hetero) is 1. The average molecular weight is 262 g/mol. The molecule has 0 aromatic carbocycles. The molecule has 1 amide bonds. The molecule has 1 aromatic rings. The van der Waals surface area contributed by atoms with Gasteiger partial charge >= 0.3 is 0 Å². The summed E-state index contributed by atoms with van der Waals surface area (Å²) in [6.45, 7) is 4.23. The van der Waals surface area contributed by atoms with Crippen molar-refractivity contribution in [2.45, 2.75) is 39.5 Å². The van der Waals surface area contributed by atoms with Gasteiger partial charge in [-0.05, 0) is 23.8 Å². The zero-order valence-corrected chi connectivity index (χ0v) is 12.2. The van der Waals surface area contributed by atoms with Gasteiger partial charge in [-0.15, -0.1) is 0 Å². The smallest absolute Gasteiger partial charge is 0.222 e. The summed E-state index contributed by atoms with van der Waals surface area (Å²) in [6.07, 6.45) is 4.47. The molecule has 19 heavy (non-hydrogen) atoms. The Morgan fingerprint density at radius 1 is 1.37 bits per heavy atom. The zero-order chi connectivity index (χ0) is 14.2. The standard InChI is InChI=1S/C15H22N2O2/c1-15(2)7-11-14(12(18)8-15)10(9-16-11)5-6-13(19)17(3)4/h9,16H,5-8H2,1-4H3. The fourth-order valence-corrected chi connectivity index (χ4v) is 2.73. The Morgan fingerprint density at radius 2 is 2.05 bits per heavy atom. The van der Waals surface area contributed by atoms with E-state index in [9.17, 15) is 9.59 Å². The van der Waals surface area contributed by atoms with Gasteiger partial charge < -0.3 is 9.88 Å². The lowest BCUT2D eigenvalue weighted by atomic mass is 9.75. The van der Waals surface area contributed by atoms with Crippen molar-refractivity contribution >= 4 is 11.7 Å². The topological polar surface area (TPSA) is 53.2 Å². The number of H-pyrrole nitrogens is 1. The lowest BCUT2D eigenvalue weighted by Crippen LogP contribution is -2.27. The highest BCUT2D eigenvalue weighted by atomic mass is 16.2. The van der Waals surface area contributed by atoms with Gasteiger partial charge in [0.2, 0.25) is 5.91 Å². The number of carbonyl (C=O) groups excluding carboxylic acids is 2. The van der Waals surface area contributed by atoms with Gasteiger partial charge in [0.15, 0.2) is 5.78 Å². The third kappa shape index (κ3) is 2.88. The highest BCUT2D eigenvalue weighted by molar-refractivity contribution is 6.00. The number of nitrogens with one attached hydrogen (secondary N) is 1. The van der Waals surface area contributed by atoms with Crippen LogP contribution in [0, 0.1) is 5.41 Å². The molecule has 0 unspecified atom stereocenters. The van der Waals surface area contributed by atoms with Crippen LogP contribution in [0.1, 0.15) is 48.3 Å². The van der Waals surface area contributed by atoms with Gasteiger partial charge in [0, 0.05) is 44.4 Å². The second-order valence-electron chi connectivity index (χ2n) is 6.40. The number of fused-ring (bicyclic) bond motifs is 1. The summed E-state index contributed by atoms with van der Waals surface area (Å²) < 4.78 is 0. The van der Waals surface area contributed by atoms with Crippen LogP contribution in [-0.2, 0) is 17.6 Å². The Labute approximate surface area is 114 Å². The second-order valence-corrected chi connectivity index (χ2v) is 6.40. The highest BCUT2D eigenvalue weighted by Gasteiger charge is 2.33. The van der Waals surface area contributed by atoms with Crippen LogP contribution in [0.5, 0.6) is 0 Å². The SMILES string of the molecule is CN(C)C(=O)CCc1c[nH]c2c1C(=O)CC(C)(C)C2. The average Bonchev–Trinajstić information content (AvgIpc) is 2.67. The van der Waals surface area contributed by atoms with Crippen LogP contribution in [0.3, 0.4) is 0 Å². The van der Waals surface area contributed by atoms with E-state index in [4.69, 9.17) is 0 Å². The molecule has 1 N–H and O–H groups in total. The van der Waals surface area contributed by atoms with Crippen molar-refractivity contribution in [3.8, 4) is 0 Å². The van der Waals surface area contributed by atoms with E-state index in [1.54, 1.807) is 19.0 Å². The first-order valence-corrected chi connectivity index (χ1v) is 6.72. The molecular weight excluding hydrogens is 240 g/mol. The van der Waals surface area contributed by atoms with Crippen LogP contribution in [-0.4, -0.2) is 35.7 Å². The molecule has 104 valence electrons.